The van der Waals surface area contributed by atoms with Crippen LogP contribution in [0.5, 0.6) is 0 Å². The SMILES string of the molecule is CNC(=O)C(C)(C)C.CNC(=O)C(C)(C)C. The lowest BCUT2D eigenvalue weighted by Crippen LogP contribution is -2.31. The average molecular weight is 230 g/mol. The van der Waals surface area contributed by atoms with E-state index in [1.165, 1.54) is 0 Å². The van der Waals surface area contributed by atoms with E-state index >= 15 is 0 Å². The van der Waals surface area contributed by atoms with Crippen LogP contribution < -0.4 is 10.6 Å². The third kappa shape index (κ3) is 8.26. The van der Waals surface area contributed by atoms with Gasteiger partial charge in [0.25, 0.3) is 0 Å². The minimum absolute atomic E-state index is 0.0810. The van der Waals surface area contributed by atoms with Crippen molar-refractivity contribution in [3.63, 3.8) is 0 Å². The first-order valence-corrected chi connectivity index (χ1v) is 5.41. The van der Waals surface area contributed by atoms with Gasteiger partial charge < -0.3 is 10.6 Å². The van der Waals surface area contributed by atoms with E-state index in [1.54, 1.807) is 14.1 Å². The summed E-state index contributed by atoms with van der Waals surface area (Å²) in [5.74, 6) is 0.162. The van der Waals surface area contributed by atoms with Gasteiger partial charge in [-0.05, 0) is 0 Å². The first kappa shape index (κ1) is 17.3. The summed E-state index contributed by atoms with van der Waals surface area (Å²) in [7, 11) is 3.29. The van der Waals surface area contributed by atoms with Crippen molar-refractivity contribution in [2.75, 3.05) is 14.1 Å². The van der Waals surface area contributed by atoms with Gasteiger partial charge in [-0.3, -0.25) is 9.59 Å². The van der Waals surface area contributed by atoms with Crippen LogP contribution in [-0.4, -0.2) is 25.9 Å². The van der Waals surface area contributed by atoms with E-state index in [1.807, 2.05) is 41.5 Å². The predicted molar refractivity (Wildman–Crippen MR) is 67.0 cm³/mol. The van der Waals surface area contributed by atoms with Gasteiger partial charge in [0.15, 0.2) is 0 Å². The van der Waals surface area contributed by atoms with Crippen molar-refractivity contribution in [3.8, 4) is 0 Å². The summed E-state index contributed by atoms with van der Waals surface area (Å²) in [6, 6.07) is 0. The van der Waals surface area contributed by atoms with E-state index < -0.39 is 0 Å². The Morgan fingerprint density at radius 1 is 0.688 bits per heavy atom. The molecule has 4 nitrogen and oxygen atoms in total. The van der Waals surface area contributed by atoms with Crippen LogP contribution in [0.15, 0.2) is 0 Å². The molecule has 2 amide bonds. The predicted octanol–water partition coefficient (Wildman–Crippen LogP) is 1.56. The van der Waals surface area contributed by atoms with E-state index in [0.29, 0.717) is 0 Å². The van der Waals surface area contributed by atoms with Crippen molar-refractivity contribution in [2.45, 2.75) is 41.5 Å². The minimum atomic E-state index is -0.241. The molecule has 0 aromatic heterocycles. The normalized spacial score (nSPS) is 11.0. The number of hydrogen-bond donors (Lipinski definition) is 2. The first-order chi connectivity index (χ1) is 6.96. The highest BCUT2D eigenvalue weighted by Gasteiger charge is 2.19. The molecule has 2 N–H and O–H groups in total. The molecule has 16 heavy (non-hydrogen) atoms. The van der Waals surface area contributed by atoms with Crippen LogP contribution in [-0.2, 0) is 9.59 Å². The van der Waals surface area contributed by atoms with Crippen LogP contribution in [0.4, 0.5) is 0 Å². The smallest absolute Gasteiger partial charge is 0.225 e. The van der Waals surface area contributed by atoms with E-state index in [0.717, 1.165) is 0 Å². The van der Waals surface area contributed by atoms with Gasteiger partial charge in [-0.15, -0.1) is 0 Å². The summed E-state index contributed by atoms with van der Waals surface area (Å²) >= 11 is 0. The standard InChI is InChI=1S/2C6H13NO/c2*1-6(2,3)5(8)7-4/h2*1-4H3,(H,7,8). The van der Waals surface area contributed by atoms with Crippen molar-refractivity contribution in [1.82, 2.24) is 10.6 Å². The maximum atomic E-state index is 10.7. The third-order valence-electron chi connectivity index (χ3n) is 1.82. The Kier molecular flexibility index (Phi) is 7.05. The first-order valence-electron chi connectivity index (χ1n) is 5.41. The molecule has 0 unspecified atom stereocenters. The summed E-state index contributed by atoms with van der Waals surface area (Å²) in [6.45, 7) is 11.3. The summed E-state index contributed by atoms with van der Waals surface area (Å²) in [5, 5.41) is 5.13. The zero-order valence-electron chi connectivity index (χ0n) is 11.8. The highest BCUT2D eigenvalue weighted by atomic mass is 16.2. The van der Waals surface area contributed by atoms with Crippen molar-refractivity contribution >= 4 is 11.8 Å². The van der Waals surface area contributed by atoms with E-state index in [4.69, 9.17) is 0 Å². The van der Waals surface area contributed by atoms with Crippen molar-refractivity contribution < 1.29 is 9.59 Å². The van der Waals surface area contributed by atoms with Gasteiger partial charge in [-0.25, -0.2) is 0 Å². The quantitative estimate of drug-likeness (QED) is 0.663. The number of nitrogens with one attached hydrogen (secondary N) is 2. The maximum Gasteiger partial charge on any atom is 0.225 e. The fourth-order valence-electron chi connectivity index (χ4n) is 0.750. The number of carbonyl (C=O) groups excluding carboxylic acids is 2. The topological polar surface area (TPSA) is 58.2 Å². The molecular formula is C12H26N2O2. The van der Waals surface area contributed by atoms with Gasteiger partial charge in [0, 0.05) is 24.9 Å². The molecule has 0 aliphatic heterocycles. The monoisotopic (exact) mass is 230 g/mol. The second kappa shape index (κ2) is 6.51. The minimum Gasteiger partial charge on any atom is -0.359 e. The fraction of sp³-hybridized carbons (Fsp3) is 0.833. The Hall–Kier alpha value is -1.06. The Bertz CT molecular complexity index is 208. The van der Waals surface area contributed by atoms with Crippen molar-refractivity contribution in [1.29, 1.82) is 0 Å². The van der Waals surface area contributed by atoms with Crippen LogP contribution in [0, 0.1) is 10.8 Å². The van der Waals surface area contributed by atoms with Gasteiger partial charge in [-0.2, -0.15) is 0 Å². The second-order valence-corrected chi connectivity index (χ2v) is 5.66. The molecular weight excluding hydrogens is 204 g/mol. The van der Waals surface area contributed by atoms with E-state index in [2.05, 4.69) is 10.6 Å². The molecule has 0 atom stereocenters. The van der Waals surface area contributed by atoms with Crippen LogP contribution in [0.2, 0.25) is 0 Å². The van der Waals surface area contributed by atoms with E-state index in [-0.39, 0.29) is 22.6 Å². The average Bonchev–Trinajstić information content (AvgIpc) is 2.13. The molecule has 0 aliphatic rings. The lowest BCUT2D eigenvalue weighted by Gasteiger charge is -2.14. The highest BCUT2D eigenvalue weighted by Crippen LogP contribution is 2.11. The lowest BCUT2D eigenvalue weighted by molar-refractivity contribution is -0.128. The number of carbonyl (C=O) groups is 2. The van der Waals surface area contributed by atoms with Crippen LogP contribution in [0.3, 0.4) is 0 Å². The van der Waals surface area contributed by atoms with Gasteiger partial charge in [-0.1, -0.05) is 41.5 Å². The third-order valence-corrected chi connectivity index (χ3v) is 1.82. The Morgan fingerprint density at radius 2 is 0.875 bits per heavy atom. The molecule has 0 rings (SSSR count). The summed E-state index contributed by atoms with van der Waals surface area (Å²) in [6.07, 6.45) is 0. The molecule has 0 bridgehead atoms. The Morgan fingerprint density at radius 3 is 0.875 bits per heavy atom. The van der Waals surface area contributed by atoms with Gasteiger partial charge >= 0.3 is 0 Å². The van der Waals surface area contributed by atoms with Gasteiger partial charge in [0.05, 0.1) is 0 Å². The molecule has 0 aliphatic carbocycles. The number of amides is 2. The maximum absolute atomic E-state index is 10.7. The molecule has 0 aromatic rings. The summed E-state index contributed by atoms with van der Waals surface area (Å²) in [4.78, 5) is 21.4. The second-order valence-electron chi connectivity index (χ2n) is 5.66. The molecule has 96 valence electrons. The molecule has 0 radical (unpaired) electrons. The van der Waals surface area contributed by atoms with Gasteiger partial charge in [0.1, 0.15) is 0 Å². The van der Waals surface area contributed by atoms with Crippen LogP contribution in [0.25, 0.3) is 0 Å². The van der Waals surface area contributed by atoms with Gasteiger partial charge in [0.2, 0.25) is 11.8 Å². The number of hydrogen-bond acceptors (Lipinski definition) is 2. The Balaban J connectivity index is 0. The zero-order chi connectivity index (χ0) is 13.6. The summed E-state index contributed by atoms with van der Waals surface area (Å²) < 4.78 is 0. The van der Waals surface area contributed by atoms with Crippen molar-refractivity contribution in [3.05, 3.63) is 0 Å². The fourth-order valence-corrected chi connectivity index (χ4v) is 0.750. The summed E-state index contributed by atoms with van der Waals surface area (Å²) in [5.41, 5.74) is -0.483. The Labute approximate surface area is 99.2 Å². The number of rotatable bonds is 0. The molecule has 0 fully saturated rings. The molecule has 0 saturated carbocycles. The van der Waals surface area contributed by atoms with Crippen LogP contribution in [0.1, 0.15) is 41.5 Å². The van der Waals surface area contributed by atoms with Crippen molar-refractivity contribution in [2.24, 2.45) is 10.8 Å². The molecule has 0 spiro atoms. The highest BCUT2D eigenvalue weighted by molar-refractivity contribution is 5.81. The molecule has 0 heterocycles. The molecule has 0 saturated heterocycles. The largest absolute Gasteiger partial charge is 0.359 e. The lowest BCUT2D eigenvalue weighted by atomic mass is 9.96. The zero-order valence-corrected chi connectivity index (χ0v) is 11.8. The molecule has 0 aromatic carbocycles. The van der Waals surface area contributed by atoms with E-state index in [9.17, 15) is 9.59 Å². The van der Waals surface area contributed by atoms with Crippen LogP contribution >= 0.6 is 0 Å². The molecule has 4 heteroatoms.